The largest absolute Gasteiger partial charge is 0.450 e. The zero-order chi connectivity index (χ0) is 26.6. The van der Waals surface area contributed by atoms with Crippen molar-refractivity contribution < 1.29 is 23.9 Å². The zero-order valence-electron chi connectivity index (χ0n) is 21.1. The van der Waals surface area contributed by atoms with Crippen molar-refractivity contribution in [2.45, 2.75) is 63.6 Å². The highest BCUT2D eigenvalue weighted by Gasteiger charge is 2.55. The molecule has 0 unspecified atom stereocenters. The molecule has 0 spiro atoms. The molecule has 3 atom stereocenters. The number of ether oxygens (including phenoxy) is 1. The number of nitrogens with one attached hydrogen (secondary N) is 2. The molecule has 11 heteroatoms. The molecule has 1 heterocycles. The Morgan fingerprint density at radius 2 is 1.92 bits per heavy atom. The van der Waals surface area contributed by atoms with Gasteiger partial charge in [0.15, 0.2) is 17.3 Å². The van der Waals surface area contributed by atoms with Crippen molar-refractivity contribution in [3.8, 4) is 0 Å². The Morgan fingerprint density at radius 3 is 2.53 bits per heavy atom. The molecule has 0 bridgehead atoms. The van der Waals surface area contributed by atoms with Crippen LogP contribution in [0.25, 0.3) is 0 Å². The molecule has 1 saturated heterocycles. The summed E-state index contributed by atoms with van der Waals surface area (Å²) in [5, 5.41) is 5.42. The predicted molar refractivity (Wildman–Crippen MR) is 136 cm³/mol. The van der Waals surface area contributed by atoms with E-state index in [1.807, 2.05) is 42.2 Å². The fourth-order valence-electron chi connectivity index (χ4n) is 4.59. The third-order valence-corrected chi connectivity index (χ3v) is 6.29. The second-order valence-electron chi connectivity index (χ2n) is 8.68. The average molecular weight is 503 g/mol. The van der Waals surface area contributed by atoms with Gasteiger partial charge in [-0.15, -0.1) is 0 Å². The Hall–Kier alpha value is -3.47. The number of carbonyl (C=O) groups is 4. The van der Waals surface area contributed by atoms with Crippen LogP contribution in [-0.2, 0) is 25.5 Å². The maximum absolute atomic E-state index is 14.1. The van der Waals surface area contributed by atoms with E-state index in [1.165, 1.54) is 0 Å². The first-order chi connectivity index (χ1) is 17.3. The predicted octanol–water partition coefficient (Wildman–Crippen LogP) is 0.505. The summed E-state index contributed by atoms with van der Waals surface area (Å²) in [5.41, 5.74) is 9.97. The van der Waals surface area contributed by atoms with Gasteiger partial charge in [0.05, 0.1) is 18.7 Å². The lowest BCUT2D eigenvalue weighted by Crippen LogP contribution is -2.66. The van der Waals surface area contributed by atoms with Crippen LogP contribution in [0, 0.1) is 0 Å². The van der Waals surface area contributed by atoms with Crippen LogP contribution >= 0.6 is 0 Å². The van der Waals surface area contributed by atoms with Crippen molar-refractivity contribution in [2.24, 2.45) is 16.5 Å². The molecule has 0 radical (unpaired) electrons. The number of aliphatic imine (C=N–C) groups is 1. The van der Waals surface area contributed by atoms with Crippen LogP contribution < -0.4 is 22.1 Å². The number of guanidine groups is 1. The zero-order valence-corrected chi connectivity index (χ0v) is 21.1. The Morgan fingerprint density at radius 1 is 1.19 bits per heavy atom. The lowest BCUT2D eigenvalue weighted by atomic mass is 9.83. The van der Waals surface area contributed by atoms with Crippen LogP contribution in [-0.4, -0.2) is 78.8 Å². The number of amides is 2. The molecule has 11 nitrogen and oxygen atoms in total. The van der Waals surface area contributed by atoms with Crippen LogP contribution in [0.4, 0.5) is 4.79 Å². The quantitative estimate of drug-likeness (QED) is 0.0937. The molecule has 2 amide bonds. The number of hydrogen-bond acceptors (Lipinski definition) is 7. The molecular formula is C25H38N6O5. The molecule has 6 N–H and O–H groups in total. The molecular weight excluding hydrogens is 464 g/mol. The molecule has 1 fully saturated rings. The lowest BCUT2D eigenvalue weighted by molar-refractivity contribution is -0.145. The summed E-state index contributed by atoms with van der Waals surface area (Å²) in [6, 6.07) is 7.44. The number of nitrogens with zero attached hydrogens (tertiary/aromatic N) is 2. The molecule has 2 rings (SSSR count). The van der Waals surface area contributed by atoms with Crippen LogP contribution in [0.15, 0.2) is 35.3 Å². The van der Waals surface area contributed by atoms with E-state index in [9.17, 15) is 19.2 Å². The van der Waals surface area contributed by atoms with Crippen molar-refractivity contribution in [3.63, 3.8) is 0 Å². The topological polar surface area (TPSA) is 169 Å². The first-order valence-corrected chi connectivity index (χ1v) is 12.4. The molecule has 1 aliphatic heterocycles. The number of likely N-dealkylation sites (tertiary alicyclic amines) is 1. The number of alkyl carbamates (subject to hydrolysis) is 1. The molecule has 0 saturated carbocycles. The average Bonchev–Trinajstić information content (AvgIpc) is 3.30. The van der Waals surface area contributed by atoms with Gasteiger partial charge < -0.3 is 31.6 Å². The van der Waals surface area contributed by atoms with Gasteiger partial charge >= 0.3 is 6.09 Å². The van der Waals surface area contributed by atoms with Gasteiger partial charge in [-0.1, -0.05) is 37.3 Å². The van der Waals surface area contributed by atoms with Gasteiger partial charge in [0.2, 0.25) is 5.91 Å². The van der Waals surface area contributed by atoms with Crippen LogP contribution in [0.2, 0.25) is 0 Å². The van der Waals surface area contributed by atoms with Gasteiger partial charge in [-0.25, -0.2) is 4.79 Å². The molecule has 36 heavy (non-hydrogen) atoms. The Kier molecular flexibility index (Phi) is 11.3. The maximum Gasteiger partial charge on any atom is 0.407 e. The number of benzene rings is 1. The van der Waals surface area contributed by atoms with Crippen molar-refractivity contribution >= 4 is 30.0 Å². The summed E-state index contributed by atoms with van der Waals surface area (Å²) in [6.07, 6.45) is 1.81. The summed E-state index contributed by atoms with van der Waals surface area (Å²) in [5.74, 6) is -1.02. The van der Waals surface area contributed by atoms with Crippen LogP contribution in [0.5, 0.6) is 0 Å². The Bertz CT molecular complexity index is 921. The number of Topliss-reactive ketones (excluding diaryl/α,β-unsaturated/α-hetero) is 1. The molecule has 1 aliphatic rings. The standard InChI is InChI=1S/C25H38N6O5/c1-3-31-15-9-13-25(31,22(34)29-19(17-32)12-8-14-28-23(26)27)21(33)20(30-24(35)36-4-2)16-18-10-6-5-7-11-18/h5-7,10-11,17,19-20H,3-4,8-9,12-16H2,1-2H3,(H,29,34)(H,30,35)(H4,26,27,28)/t19-,20+,25+/m0/s1. The second kappa shape index (κ2) is 14.2. The summed E-state index contributed by atoms with van der Waals surface area (Å²) in [4.78, 5) is 57.6. The summed E-state index contributed by atoms with van der Waals surface area (Å²) in [6.45, 7) is 5.00. The molecule has 1 aromatic carbocycles. The van der Waals surface area contributed by atoms with E-state index in [2.05, 4.69) is 15.6 Å². The number of aldehydes is 1. The minimum Gasteiger partial charge on any atom is -0.450 e. The van der Waals surface area contributed by atoms with Gasteiger partial charge in [-0.05, 0) is 57.7 Å². The highest BCUT2D eigenvalue weighted by molar-refractivity contribution is 6.14. The number of likely N-dealkylation sites (N-methyl/N-ethyl adjacent to an activating group) is 1. The molecule has 1 aromatic rings. The summed E-state index contributed by atoms with van der Waals surface area (Å²) < 4.78 is 5.03. The van der Waals surface area contributed by atoms with E-state index >= 15 is 0 Å². The molecule has 0 aromatic heterocycles. The summed E-state index contributed by atoms with van der Waals surface area (Å²) >= 11 is 0. The van der Waals surface area contributed by atoms with Gasteiger partial charge in [-0.3, -0.25) is 19.5 Å². The van der Waals surface area contributed by atoms with Crippen molar-refractivity contribution in [1.82, 2.24) is 15.5 Å². The van der Waals surface area contributed by atoms with E-state index in [1.54, 1.807) is 6.92 Å². The van der Waals surface area contributed by atoms with E-state index in [0.717, 1.165) is 5.56 Å². The number of nitrogens with two attached hydrogens (primary N) is 2. The fraction of sp³-hybridized carbons (Fsp3) is 0.560. The van der Waals surface area contributed by atoms with Gasteiger partial charge in [0.1, 0.15) is 6.29 Å². The third kappa shape index (κ3) is 7.51. The SMILES string of the molecule is CCOC(=O)N[C@H](Cc1ccccc1)C(=O)[C@@]1(C(=O)N[C@H](C=O)CCCN=C(N)N)CCCN1CC. The van der Waals surface area contributed by atoms with E-state index < -0.39 is 35.4 Å². The first kappa shape index (κ1) is 28.8. The number of ketones is 1. The highest BCUT2D eigenvalue weighted by Crippen LogP contribution is 2.32. The third-order valence-electron chi connectivity index (χ3n) is 6.29. The fourth-order valence-corrected chi connectivity index (χ4v) is 4.59. The second-order valence-corrected chi connectivity index (χ2v) is 8.68. The number of carbonyl (C=O) groups excluding carboxylic acids is 4. The van der Waals surface area contributed by atoms with Gasteiger partial charge in [0, 0.05) is 6.54 Å². The smallest absolute Gasteiger partial charge is 0.407 e. The molecule has 0 aliphatic carbocycles. The number of hydrogen-bond donors (Lipinski definition) is 4. The Balaban J connectivity index is 2.32. The molecule has 198 valence electrons. The van der Waals surface area contributed by atoms with Crippen molar-refractivity contribution in [2.75, 3.05) is 26.2 Å². The lowest BCUT2D eigenvalue weighted by Gasteiger charge is -2.38. The monoisotopic (exact) mass is 502 g/mol. The van der Waals surface area contributed by atoms with Gasteiger partial charge in [-0.2, -0.15) is 0 Å². The number of rotatable bonds is 14. The normalized spacial score (nSPS) is 19.1. The van der Waals surface area contributed by atoms with E-state index in [0.29, 0.717) is 45.2 Å². The Labute approximate surface area is 212 Å². The first-order valence-electron chi connectivity index (χ1n) is 12.4. The van der Waals surface area contributed by atoms with Crippen molar-refractivity contribution in [1.29, 1.82) is 0 Å². The van der Waals surface area contributed by atoms with Gasteiger partial charge in [0.25, 0.3) is 0 Å². The van der Waals surface area contributed by atoms with E-state index in [4.69, 9.17) is 16.2 Å². The van der Waals surface area contributed by atoms with Crippen LogP contribution in [0.3, 0.4) is 0 Å². The van der Waals surface area contributed by atoms with Crippen molar-refractivity contribution in [3.05, 3.63) is 35.9 Å². The van der Waals surface area contributed by atoms with E-state index in [-0.39, 0.29) is 25.4 Å². The maximum atomic E-state index is 14.1. The highest BCUT2D eigenvalue weighted by atomic mass is 16.5. The summed E-state index contributed by atoms with van der Waals surface area (Å²) in [7, 11) is 0. The van der Waals surface area contributed by atoms with Crippen LogP contribution in [0.1, 0.15) is 45.1 Å². The minimum absolute atomic E-state index is 0.0469. The minimum atomic E-state index is -1.52.